The van der Waals surface area contributed by atoms with Crippen molar-refractivity contribution in [2.75, 3.05) is 65.9 Å². The average molecular weight is 659 g/mol. The molecule has 15 heteroatoms. The van der Waals surface area contributed by atoms with E-state index >= 15 is 0 Å². The zero-order valence-corrected chi connectivity index (χ0v) is 25.7. The summed E-state index contributed by atoms with van der Waals surface area (Å²) in [6.45, 7) is 6.30. The number of carbonyl (C=O) groups excluding carboxylic acids is 5. The molecule has 1 atom stereocenters. The quantitative estimate of drug-likeness (QED) is 0.0816. The van der Waals surface area contributed by atoms with E-state index in [9.17, 15) is 24.0 Å². The molecule has 0 fully saturated rings. The molecule has 0 saturated carbocycles. The van der Waals surface area contributed by atoms with Gasteiger partial charge >= 0.3 is 30.1 Å². The lowest BCUT2D eigenvalue weighted by Crippen LogP contribution is -2.37. The Labute approximate surface area is 271 Å². The van der Waals surface area contributed by atoms with Crippen molar-refractivity contribution in [2.24, 2.45) is 0 Å². The predicted octanol–water partition coefficient (Wildman–Crippen LogP) is 2.60. The molecule has 254 valence electrons. The van der Waals surface area contributed by atoms with Crippen molar-refractivity contribution >= 4 is 30.1 Å². The van der Waals surface area contributed by atoms with Gasteiger partial charge in [-0.1, -0.05) is 43.5 Å². The number of rotatable bonds is 22. The summed E-state index contributed by atoms with van der Waals surface area (Å²) in [6.07, 6.45) is -0.505. The summed E-state index contributed by atoms with van der Waals surface area (Å²) in [4.78, 5) is 58.9. The van der Waals surface area contributed by atoms with Crippen LogP contribution in [-0.2, 0) is 38.0 Å². The van der Waals surface area contributed by atoms with Crippen molar-refractivity contribution in [3.05, 3.63) is 85.5 Å². The van der Waals surface area contributed by atoms with Crippen LogP contribution in [0.4, 0.5) is 9.59 Å². The van der Waals surface area contributed by atoms with Gasteiger partial charge in [0.1, 0.15) is 56.7 Å². The molecule has 15 nitrogen and oxygen atoms in total. The molecule has 2 rings (SSSR count). The Bertz CT molecular complexity index is 1300. The van der Waals surface area contributed by atoms with E-state index in [0.717, 1.165) is 12.2 Å². The maximum Gasteiger partial charge on any atom is 0.407 e. The van der Waals surface area contributed by atoms with E-state index in [1.807, 2.05) is 6.07 Å². The third-order valence-corrected chi connectivity index (χ3v) is 5.47. The van der Waals surface area contributed by atoms with Gasteiger partial charge in [-0.05, 0) is 24.3 Å². The molecule has 0 aliphatic rings. The fourth-order valence-electron chi connectivity index (χ4n) is 3.31. The van der Waals surface area contributed by atoms with Crippen LogP contribution in [0.1, 0.15) is 10.4 Å². The molecule has 0 radical (unpaired) electrons. The molecule has 0 bridgehead atoms. The Morgan fingerprint density at radius 1 is 0.638 bits per heavy atom. The summed E-state index contributed by atoms with van der Waals surface area (Å²) >= 11 is 0. The minimum atomic E-state index is -0.990. The van der Waals surface area contributed by atoms with Crippen LogP contribution < -0.4 is 20.1 Å². The molecule has 0 aromatic heterocycles. The molecule has 0 spiro atoms. The number of para-hydroxylation sites is 2. The van der Waals surface area contributed by atoms with Gasteiger partial charge in [0, 0.05) is 12.2 Å². The van der Waals surface area contributed by atoms with Gasteiger partial charge in [0.05, 0.1) is 26.3 Å². The largest absolute Gasteiger partial charge is 0.490 e. The van der Waals surface area contributed by atoms with Crippen molar-refractivity contribution in [2.45, 2.75) is 6.10 Å². The second-order valence-corrected chi connectivity index (χ2v) is 8.94. The number of carbonyl (C=O) groups is 5. The number of hydrogen-bond donors (Lipinski definition) is 2. The fraction of sp³-hybridized carbons (Fsp3) is 0.344. The van der Waals surface area contributed by atoms with E-state index in [1.54, 1.807) is 42.5 Å². The summed E-state index contributed by atoms with van der Waals surface area (Å²) in [6, 6.07) is 15.2. The van der Waals surface area contributed by atoms with Crippen molar-refractivity contribution in [1.29, 1.82) is 0 Å². The molecule has 0 heterocycles. The topological polar surface area (TPSA) is 183 Å². The normalized spacial score (nSPS) is 10.7. The number of benzene rings is 2. The molecule has 2 aromatic carbocycles. The van der Waals surface area contributed by atoms with Gasteiger partial charge in [0.15, 0.2) is 6.10 Å². The van der Waals surface area contributed by atoms with E-state index in [0.29, 0.717) is 5.75 Å². The Hall–Kier alpha value is -5.57. The predicted molar refractivity (Wildman–Crippen MR) is 165 cm³/mol. The Morgan fingerprint density at radius 3 is 1.94 bits per heavy atom. The third kappa shape index (κ3) is 16.9. The Balaban J connectivity index is 1.77. The zero-order valence-electron chi connectivity index (χ0n) is 25.7. The second-order valence-electron chi connectivity index (χ2n) is 8.94. The molecular weight excluding hydrogens is 620 g/mol. The lowest BCUT2D eigenvalue weighted by molar-refractivity contribution is -0.138. The highest BCUT2D eigenvalue weighted by Gasteiger charge is 2.21. The van der Waals surface area contributed by atoms with Crippen LogP contribution >= 0.6 is 0 Å². The maximum absolute atomic E-state index is 12.9. The molecule has 2 aromatic rings. The summed E-state index contributed by atoms with van der Waals surface area (Å²) in [5.74, 6) is -1.20. The van der Waals surface area contributed by atoms with Crippen LogP contribution in [0.25, 0.3) is 0 Å². The molecule has 2 N–H and O–H groups in total. The maximum atomic E-state index is 12.9. The number of nitrogens with one attached hydrogen (secondary N) is 2. The van der Waals surface area contributed by atoms with Crippen LogP contribution in [0.3, 0.4) is 0 Å². The van der Waals surface area contributed by atoms with E-state index < -0.39 is 36.2 Å². The molecule has 47 heavy (non-hydrogen) atoms. The van der Waals surface area contributed by atoms with Gasteiger partial charge in [-0.3, -0.25) is 0 Å². The van der Waals surface area contributed by atoms with Crippen molar-refractivity contribution < 1.29 is 61.9 Å². The van der Waals surface area contributed by atoms with Crippen LogP contribution in [0, 0.1) is 0 Å². The minimum absolute atomic E-state index is 0.0160. The van der Waals surface area contributed by atoms with Crippen LogP contribution in [0.2, 0.25) is 0 Å². The standard InChI is InChI=1S/C32H38N2O13/c1-3-28(35)42-16-14-33-31(38)44-21-19-40-18-20-41-27-13-9-8-12-26(27)30(37)46-23-25(22-45-24-10-6-5-7-11-24)47-32(39)34-15-17-43-29(36)4-2/h3-13,25H,1-2,14-23H2,(H,33,38)(H,34,39). The number of hydrogen-bond acceptors (Lipinski definition) is 13. The van der Waals surface area contributed by atoms with Crippen molar-refractivity contribution in [3.8, 4) is 11.5 Å². The Kier molecular flexibility index (Phi) is 18.3. The first-order chi connectivity index (χ1) is 22.8. The van der Waals surface area contributed by atoms with E-state index in [2.05, 4.69) is 23.8 Å². The number of amides is 2. The number of esters is 3. The summed E-state index contributed by atoms with van der Waals surface area (Å²) < 4.78 is 42.0. The highest BCUT2D eigenvalue weighted by Crippen LogP contribution is 2.19. The van der Waals surface area contributed by atoms with E-state index in [1.165, 1.54) is 6.07 Å². The van der Waals surface area contributed by atoms with Crippen LogP contribution in [0.5, 0.6) is 11.5 Å². The molecule has 1 unspecified atom stereocenters. The van der Waals surface area contributed by atoms with Crippen molar-refractivity contribution in [3.63, 3.8) is 0 Å². The van der Waals surface area contributed by atoms with Gasteiger partial charge in [-0.2, -0.15) is 0 Å². The first-order valence-corrected chi connectivity index (χ1v) is 14.4. The monoisotopic (exact) mass is 658 g/mol. The van der Waals surface area contributed by atoms with E-state index in [4.69, 9.17) is 37.9 Å². The van der Waals surface area contributed by atoms with Gasteiger partial charge in [0.2, 0.25) is 0 Å². The van der Waals surface area contributed by atoms with Crippen LogP contribution in [-0.4, -0.2) is 102 Å². The zero-order chi connectivity index (χ0) is 34.1. The molecule has 0 aliphatic carbocycles. The minimum Gasteiger partial charge on any atom is -0.490 e. The smallest absolute Gasteiger partial charge is 0.407 e. The number of alkyl carbamates (subject to hydrolysis) is 2. The average Bonchev–Trinajstić information content (AvgIpc) is 3.09. The molecule has 0 aliphatic heterocycles. The van der Waals surface area contributed by atoms with Gasteiger partial charge in [-0.25, -0.2) is 24.0 Å². The fourth-order valence-corrected chi connectivity index (χ4v) is 3.31. The second kappa shape index (κ2) is 22.9. The summed E-state index contributed by atoms with van der Waals surface area (Å²) in [5.41, 5.74) is 0.127. The van der Waals surface area contributed by atoms with Gasteiger partial charge < -0.3 is 48.5 Å². The van der Waals surface area contributed by atoms with Gasteiger partial charge in [0.25, 0.3) is 0 Å². The summed E-state index contributed by atoms with van der Waals surface area (Å²) in [7, 11) is 0. The summed E-state index contributed by atoms with van der Waals surface area (Å²) in [5, 5.41) is 4.85. The lowest BCUT2D eigenvalue weighted by Gasteiger charge is -2.19. The van der Waals surface area contributed by atoms with Crippen molar-refractivity contribution in [1.82, 2.24) is 10.6 Å². The highest BCUT2D eigenvalue weighted by atomic mass is 16.6. The SMILES string of the molecule is C=CC(=O)OCCNC(=O)OCCOCCOc1ccccc1C(=O)OCC(COc1ccccc1)OC(=O)NCCOC(=O)C=C. The Morgan fingerprint density at radius 2 is 1.26 bits per heavy atom. The molecule has 0 saturated heterocycles. The first-order valence-electron chi connectivity index (χ1n) is 14.4. The van der Waals surface area contributed by atoms with E-state index in [-0.39, 0.29) is 77.3 Å². The molecule has 2 amide bonds. The molecular formula is C32H38N2O13. The number of ether oxygens (including phenoxy) is 8. The highest BCUT2D eigenvalue weighted by molar-refractivity contribution is 5.92. The first kappa shape index (κ1) is 37.6. The third-order valence-electron chi connectivity index (χ3n) is 5.47. The lowest BCUT2D eigenvalue weighted by atomic mass is 10.2. The van der Waals surface area contributed by atoms with Gasteiger partial charge in [-0.15, -0.1) is 0 Å². The van der Waals surface area contributed by atoms with Crippen LogP contribution in [0.15, 0.2) is 79.9 Å².